The van der Waals surface area contributed by atoms with Gasteiger partial charge in [-0.1, -0.05) is 12.1 Å². The van der Waals surface area contributed by atoms with E-state index < -0.39 is 10.0 Å². The number of anilines is 1. The number of hydrogen-bond donors (Lipinski definition) is 2. The Morgan fingerprint density at radius 3 is 2.67 bits per heavy atom. The summed E-state index contributed by atoms with van der Waals surface area (Å²) in [7, 11) is -2.09. The number of nitrogens with zero attached hydrogens (tertiary/aromatic N) is 4. The molecule has 0 radical (unpaired) electrons. The second kappa shape index (κ2) is 8.16. The van der Waals surface area contributed by atoms with Crippen molar-refractivity contribution in [2.75, 3.05) is 12.4 Å². The van der Waals surface area contributed by atoms with Gasteiger partial charge >= 0.3 is 0 Å². The van der Waals surface area contributed by atoms with Gasteiger partial charge in [0.25, 0.3) is 5.56 Å². The predicted octanol–water partition coefficient (Wildman–Crippen LogP) is 2.13. The Hall–Kier alpha value is -3.44. The quantitative estimate of drug-likeness (QED) is 0.406. The van der Waals surface area contributed by atoms with Crippen LogP contribution in [-0.2, 0) is 23.1 Å². The van der Waals surface area contributed by atoms with Gasteiger partial charge in [0.05, 0.1) is 35.1 Å². The molecule has 0 atom stereocenters. The molecule has 5 rings (SSSR count). The standard InChI is InChI=1S/C22H24N6O4S/c1-3-27-21(29)16-6-4-5-7-18(16)28-20(24-25-22(27)28)13-23-17-12-15(10-11-19(17)32-2)33(30,31)26-14-8-9-14/h4-7,10-12,14,23,26H,3,8-9,13H2,1-2H3. The molecule has 2 aromatic carbocycles. The van der Waals surface area contributed by atoms with Gasteiger partial charge < -0.3 is 10.1 Å². The minimum Gasteiger partial charge on any atom is -0.495 e. The van der Waals surface area contributed by atoms with Crippen LogP contribution in [0.5, 0.6) is 5.75 Å². The molecular weight excluding hydrogens is 444 g/mol. The third-order valence-corrected chi connectivity index (χ3v) is 7.23. The first-order valence-corrected chi connectivity index (χ1v) is 12.2. The van der Waals surface area contributed by atoms with E-state index in [2.05, 4.69) is 20.2 Å². The first-order valence-electron chi connectivity index (χ1n) is 10.7. The van der Waals surface area contributed by atoms with Crippen molar-refractivity contribution in [2.45, 2.75) is 43.8 Å². The van der Waals surface area contributed by atoms with E-state index in [1.54, 1.807) is 22.8 Å². The van der Waals surface area contributed by atoms with Gasteiger partial charge in [0.1, 0.15) is 5.75 Å². The number of methoxy groups -OCH3 is 1. The fourth-order valence-corrected chi connectivity index (χ4v) is 5.20. The van der Waals surface area contributed by atoms with Gasteiger partial charge in [-0.15, -0.1) is 10.2 Å². The van der Waals surface area contributed by atoms with Crippen LogP contribution in [0.15, 0.2) is 52.2 Å². The number of benzene rings is 2. The number of hydrogen-bond acceptors (Lipinski definition) is 7. The zero-order valence-corrected chi connectivity index (χ0v) is 19.1. The van der Waals surface area contributed by atoms with Crippen molar-refractivity contribution in [3.05, 3.63) is 58.6 Å². The van der Waals surface area contributed by atoms with Gasteiger partial charge in [-0.05, 0) is 50.1 Å². The molecule has 33 heavy (non-hydrogen) atoms. The van der Waals surface area contributed by atoms with Crippen LogP contribution in [-0.4, -0.2) is 40.7 Å². The van der Waals surface area contributed by atoms with Crippen LogP contribution in [0.1, 0.15) is 25.6 Å². The summed E-state index contributed by atoms with van der Waals surface area (Å²) in [6.45, 7) is 2.58. The highest BCUT2D eigenvalue weighted by Crippen LogP contribution is 2.29. The highest BCUT2D eigenvalue weighted by atomic mass is 32.2. The second-order valence-corrected chi connectivity index (χ2v) is 9.64. The van der Waals surface area contributed by atoms with Crippen molar-refractivity contribution < 1.29 is 13.2 Å². The Morgan fingerprint density at radius 1 is 1.15 bits per heavy atom. The molecular formula is C22H24N6O4S. The summed E-state index contributed by atoms with van der Waals surface area (Å²) >= 11 is 0. The van der Waals surface area contributed by atoms with E-state index in [9.17, 15) is 13.2 Å². The Labute approximate surface area is 190 Å². The summed E-state index contributed by atoms with van der Waals surface area (Å²) in [6.07, 6.45) is 1.72. The lowest BCUT2D eigenvalue weighted by Crippen LogP contribution is -2.25. The Bertz CT molecular complexity index is 1520. The molecule has 0 saturated heterocycles. The van der Waals surface area contributed by atoms with E-state index >= 15 is 0 Å². The molecule has 1 aliphatic rings. The van der Waals surface area contributed by atoms with Gasteiger partial charge in [-0.3, -0.25) is 13.8 Å². The summed E-state index contributed by atoms with van der Waals surface area (Å²) in [5, 5.41) is 12.4. The van der Waals surface area contributed by atoms with Crippen LogP contribution in [0, 0.1) is 0 Å². The van der Waals surface area contributed by atoms with Crippen molar-refractivity contribution in [3.63, 3.8) is 0 Å². The highest BCUT2D eigenvalue weighted by molar-refractivity contribution is 7.89. The van der Waals surface area contributed by atoms with Crippen molar-refractivity contribution in [1.82, 2.24) is 23.9 Å². The normalized spacial score (nSPS) is 14.1. The molecule has 11 heteroatoms. The molecule has 4 aromatic rings. The van der Waals surface area contributed by atoms with E-state index in [0.717, 1.165) is 12.8 Å². The molecule has 1 aliphatic carbocycles. The van der Waals surface area contributed by atoms with Gasteiger partial charge in [0, 0.05) is 12.6 Å². The summed E-state index contributed by atoms with van der Waals surface area (Å²) in [5.41, 5.74) is 1.11. The maximum absolute atomic E-state index is 12.8. The number of para-hydroxylation sites is 1. The molecule has 2 heterocycles. The van der Waals surface area contributed by atoms with Gasteiger partial charge in [-0.25, -0.2) is 13.1 Å². The van der Waals surface area contributed by atoms with Crippen molar-refractivity contribution in [2.24, 2.45) is 0 Å². The number of aromatic nitrogens is 4. The van der Waals surface area contributed by atoms with E-state index in [-0.39, 0.29) is 23.0 Å². The van der Waals surface area contributed by atoms with E-state index in [1.807, 2.05) is 29.5 Å². The van der Waals surface area contributed by atoms with Gasteiger partial charge in [0.2, 0.25) is 15.8 Å². The molecule has 2 N–H and O–H groups in total. The number of aryl methyl sites for hydroxylation is 1. The first-order chi connectivity index (χ1) is 15.9. The minimum atomic E-state index is -3.61. The second-order valence-electron chi connectivity index (χ2n) is 7.93. The maximum Gasteiger partial charge on any atom is 0.262 e. The van der Waals surface area contributed by atoms with Crippen LogP contribution < -0.4 is 20.3 Å². The third kappa shape index (κ3) is 3.83. The van der Waals surface area contributed by atoms with Crippen LogP contribution in [0.4, 0.5) is 5.69 Å². The molecule has 1 saturated carbocycles. The van der Waals surface area contributed by atoms with Crippen molar-refractivity contribution in [1.29, 1.82) is 0 Å². The molecule has 0 unspecified atom stereocenters. The molecule has 172 valence electrons. The number of nitrogens with one attached hydrogen (secondary N) is 2. The minimum absolute atomic E-state index is 0.0142. The third-order valence-electron chi connectivity index (χ3n) is 5.71. The number of rotatable bonds is 8. The summed E-state index contributed by atoms with van der Waals surface area (Å²) in [5.74, 6) is 1.54. The Balaban J connectivity index is 1.53. The van der Waals surface area contributed by atoms with Crippen LogP contribution in [0.2, 0.25) is 0 Å². The number of fused-ring (bicyclic) bond motifs is 3. The monoisotopic (exact) mass is 468 g/mol. The SMILES string of the molecule is CCn1c(=O)c2ccccc2n2c(CNc3cc(S(=O)(=O)NC4CC4)ccc3OC)nnc12. The van der Waals surface area contributed by atoms with Crippen LogP contribution >= 0.6 is 0 Å². The molecule has 0 spiro atoms. The van der Waals surface area contributed by atoms with Crippen molar-refractivity contribution >= 4 is 32.4 Å². The van der Waals surface area contributed by atoms with E-state index in [1.165, 1.54) is 13.2 Å². The molecule has 0 aliphatic heterocycles. The molecule has 0 bridgehead atoms. The number of sulfonamides is 1. The van der Waals surface area contributed by atoms with Gasteiger partial charge in [-0.2, -0.15) is 0 Å². The molecule has 10 nitrogen and oxygen atoms in total. The highest BCUT2D eigenvalue weighted by Gasteiger charge is 2.28. The average Bonchev–Trinajstić information content (AvgIpc) is 3.53. The fraction of sp³-hybridized carbons (Fsp3) is 0.318. The largest absolute Gasteiger partial charge is 0.495 e. The Morgan fingerprint density at radius 2 is 1.94 bits per heavy atom. The van der Waals surface area contributed by atoms with Crippen molar-refractivity contribution in [3.8, 4) is 5.75 Å². The molecule has 1 fully saturated rings. The lowest BCUT2D eigenvalue weighted by Gasteiger charge is -2.14. The lowest BCUT2D eigenvalue weighted by atomic mass is 10.2. The Kier molecular flexibility index (Phi) is 5.29. The predicted molar refractivity (Wildman–Crippen MR) is 124 cm³/mol. The van der Waals surface area contributed by atoms with Crippen LogP contribution in [0.3, 0.4) is 0 Å². The first kappa shape index (κ1) is 21.4. The van der Waals surface area contributed by atoms with E-state index in [4.69, 9.17) is 4.74 Å². The summed E-state index contributed by atoms with van der Waals surface area (Å²) < 4.78 is 36.8. The maximum atomic E-state index is 12.8. The van der Waals surface area contributed by atoms with E-state index in [0.29, 0.717) is 40.5 Å². The summed E-state index contributed by atoms with van der Waals surface area (Å²) in [4.78, 5) is 13.0. The van der Waals surface area contributed by atoms with Crippen LogP contribution in [0.25, 0.3) is 16.7 Å². The fourth-order valence-electron chi connectivity index (χ4n) is 3.87. The topological polar surface area (TPSA) is 120 Å². The molecule has 2 aromatic heterocycles. The lowest BCUT2D eigenvalue weighted by molar-refractivity contribution is 0.416. The van der Waals surface area contributed by atoms with Gasteiger partial charge in [0.15, 0.2) is 5.82 Å². The zero-order valence-electron chi connectivity index (χ0n) is 18.3. The summed E-state index contributed by atoms with van der Waals surface area (Å²) in [6, 6.07) is 12.0. The number of ether oxygens (including phenoxy) is 1. The average molecular weight is 469 g/mol. The smallest absolute Gasteiger partial charge is 0.262 e. The molecule has 0 amide bonds. The zero-order chi connectivity index (χ0) is 23.2.